The summed E-state index contributed by atoms with van der Waals surface area (Å²) in [4.78, 5) is 12.2. The van der Waals surface area contributed by atoms with Crippen LogP contribution in [0.3, 0.4) is 0 Å². The number of carbonyl (C=O) groups is 1. The average molecular weight is 264 g/mol. The van der Waals surface area contributed by atoms with Gasteiger partial charge in [-0.3, -0.25) is 4.79 Å². The Morgan fingerprint density at radius 1 is 1.47 bits per heavy atom. The predicted molar refractivity (Wildman–Crippen MR) is 73.2 cm³/mol. The summed E-state index contributed by atoms with van der Waals surface area (Å²) in [7, 11) is 0. The minimum atomic E-state index is -0.173. The zero-order valence-corrected chi connectivity index (χ0v) is 11.3. The van der Waals surface area contributed by atoms with Gasteiger partial charge in [-0.1, -0.05) is 6.92 Å². The van der Waals surface area contributed by atoms with E-state index in [1.807, 2.05) is 13.8 Å². The molecule has 0 aliphatic carbocycles. The van der Waals surface area contributed by atoms with Gasteiger partial charge in [0, 0.05) is 11.7 Å². The Balaban J connectivity index is 2.04. The minimum absolute atomic E-state index is 0.0442. The molecule has 1 aromatic rings. The molecule has 0 bridgehead atoms. The number of likely N-dealkylation sites (N-methyl/N-ethyl adjacent to an activating group) is 1. The molecule has 1 amide bonds. The summed E-state index contributed by atoms with van der Waals surface area (Å²) in [5.41, 5.74) is 1.57. The van der Waals surface area contributed by atoms with Crippen LogP contribution in [0.25, 0.3) is 0 Å². The van der Waals surface area contributed by atoms with Gasteiger partial charge in [0.05, 0.1) is 19.1 Å². The van der Waals surface area contributed by atoms with E-state index in [0.717, 1.165) is 17.8 Å². The van der Waals surface area contributed by atoms with Crippen molar-refractivity contribution in [3.05, 3.63) is 23.8 Å². The highest BCUT2D eigenvalue weighted by Gasteiger charge is 2.33. The molecule has 1 saturated heterocycles. The van der Waals surface area contributed by atoms with Gasteiger partial charge in [0.15, 0.2) is 0 Å². The topological polar surface area (TPSA) is 70.6 Å². The minimum Gasteiger partial charge on any atom is -0.508 e. The number of aromatic hydroxyl groups is 1. The summed E-state index contributed by atoms with van der Waals surface area (Å²) in [6.07, 6.45) is 0. The van der Waals surface area contributed by atoms with Crippen LogP contribution in [-0.2, 0) is 9.53 Å². The molecule has 5 nitrogen and oxygen atoms in total. The summed E-state index contributed by atoms with van der Waals surface area (Å²) >= 11 is 0. The van der Waals surface area contributed by atoms with Crippen LogP contribution in [0.15, 0.2) is 18.2 Å². The van der Waals surface area contributed by atoms with Crippen LogP contribution in [0, 0.1) is 12.8 Å². The highest BCUT2D eigenvalue weighted by atomic mass is 16.5. The van der Waals surface area contributed by atoms with Crippen molar-refractivity contribution in [1.82, 2.24) is 5.32 Å². The number of rotatable bonds is 4. The summed E-state index contributed by atoms with van der Waals surface area (Å²) in [6, 6.07) is 4.97. The molecule has 19 heavy (non-hydrogen) atoms. The first-order chi connectivity index (χ1) is 9.11. The number of nitrogens with one attached hydrogen (secondary N) is 2. The van der Waals surface area contributed by atoms with Gasteiger partial charge in [0.2, 0.25) is 5.91 Å². The van der Waals surface area contributed by atoms with Gasteiger partial charge in [0.1, 0.15) is 5.75 Å². The second-order valence-electron chi connectivity index (χ2n) is 4.80. The molecule has 1 heterocycles. The third kappa shape index (κ3) is 3.24. The third-order valence-electron chi connectivity index (χ3n) is 3.35. The van der Waals surface area contributed by atoms with Crippen LogP contribution in [0.4, 0.5) is 5.69 Å². The van der Waals surface area contributed by atoms with Gasteiger partial charge < -0.3 is 20.5 Å². The third-order valence-corrected chi connectivity index (χ3v) is 3.35. The molecule has 104 valence electrons. The Morgan fingerprint density at radius 3 is 2.95 bits per heavy atom. The summed E-state index contributed by atoms with van der Waals surface area (Å²) in [5.74, 6) is -0.0179. The molecule has 0 aromatic heterocycles. The predicted octanol–water partition coefficient (Wildman–Crippen LogP) is 1.26. The van der Waals surface area contributed by atoms with Crippen molar-refractivity contribution in [3.8, 4) is 5.75 Å². The molecule has 5 heteroatoms. The number of ether oxygens (including phenoxy) is 1. The number of hydrogen-bond acceptors (Lipinski definition) is 4. The highest BCUT2D eigenvalue weighted by Crippen LogP contribution is 2.22. The lowest BCUT2D eigenvalue weighted by molar-refractivity contribution is -0.120. The van der Waals surface area contributed by atoms with Crippen molar-refractivity contribution in [2.24, 2.45) is 5.92 Å². The number of amides is 1. The summed E-state index contributed by atoms with van der Waals surface area (Å²) < 4.78 is 5.37. The summed E-state index contributed by atoms with van der Waals surface area (Å²) in [5, 5.41) is 15.5. The van der Waals surface area contributed by atoms with Gasteiger partial charge in [-0.2, -0.15) is 0 Å². The molecule has 2 rings (SSSR count). The molecule has 1 aromatic carbocycles. The lowest BCUT2D eigenvalue weighted by Gasteiger charge is -2.18. The van der Waals surface area contributed by atoms with Crippen molar-refractivity contribution < 1.29 is 14.6 Å². The Morgan fingerprint density at radius 2 is 2.26 bits per heavy atom. The summed E-state index contributed by atoms with van der Waals surface area (Å²) in [6.45, 7) is 5.69. The maximum absolute atomic E-state index is 12.2. The second-order valence-corrected chi connectivity index (χ2v) is 4.80. The van der Waals surface area contributed by atoms with Crippen molar-refractivity contribution in [2.75, 3.05) is 25.1 Å². The van der Waals surface area contributed by atoms with Crippen molar-refractivity contribution in [3.63, 3.8) is 0 Å². The van der Waals surface area contributed by atoms with Crippen LogP contribution in [0.1, 0.15) is 12.5 Å². The number of anilines is 1. The fraction of sp³-hybridized carbons (Fsp3) is 0.500. The van der Waals surface area contributed by atoms with Gasteiger partial charge in [-0.25, -0.2) is 0 Å². The highest BCUT2D eigenvalue weighted by molar-refractivity contribution is 5.94. The van der Waals surface area contributed by atoms with Crippen LogP contribution in [0.2, 0.25) is 0 Å². The number of carbonyl (C=O) groups excluding carboxylic acids is 1. The molecular weight excluding hydrogens is 244 g/mol. The van der Waals surface area contributed by atoms with E-state index < -0.39 is 0 Å². The molecule has 2 unspecified atom stereocenters. The number of aryl methyl sites for hydroxylation is 1. The van der Waals surface area contributed by atoms with E-state index in [-0.39, 0.29) is 23.6 Å². The molecule has 2 atom stereocenters. The first-order valence-corrected chi connectivity index (χ1v) is 6.53. The van der Waals surface area contributed by atoms with Crippen LogP contribution in [0.5, 0.6) is 5.75 Å². The molecule has 3 N–H and O–H groups in total. The maximum Gasteiger partial charge on any atom is 0.231 e. The second kappa shape index (κ2) is 6.04. The SMILES string of the molecule is CCNC1COCC1C(=O)Nc1ccc(O)cc1C. The normalized spacial score (nSPS) is 22.4. The van der Waals surface area contributed by atoms with E-state index in [9.17, 15) is 9.90 Å². The fourth-order valence-corrected chi connectivity index (χ4v) is 2.29. The Kier molecular flexibility index (Phi) is 4.39. The van der Waals surface area contributed by atoms with Crippen molar-refractivity contribution in [1.29, 1.82) is 0 Å². The maximum atomic E-state index is 12.2. The number of phenolic OH excluding ortho intramolecular Hbond substituents is 1. The van der Waals surface area contributed by atoms with Crippen LogP contribution < -0.4 is 10.6 Å². The zero-order valence-electron chi connectivity index (χ0n) is 11.3. The molecule has 1 fully saturated rings. The van der Waals surface area contributed by atoms with E-state index in [2.05, 4.69) is 10.6 Å². The Hall–Kier alpha value is -1.59. The Labute approximate surface area is 113 Å². The first-order valence-electron chi connectivity index (χ1n) is 6.53. The van der Waals surface area contributed by atoms with E-state index >= 15 is 0 Å². The lowest BCUT2D eigenvalue weighted by atomic mass is 10.0. The average Bonchev–Trinajstić information content (AvgIpc) is 2.81. The van der Waals surface area contributed by atoms with E-state index in [0.29, 0.717) is 13.2 Å². The smallest absolute Gasteiger partial charge is 0.231 e. The molecule has 1 aliphatic rings. The first kappa shape index (κ1) is 13.8. The molecule has 1 aliphatic heterocycles. The molecular formula is C14H20N2O3. The number of benzene rings is 1. The van der Waals surface area contributed by atoms with Gasteiger partial charge in [-0.15, -0.1) is 0 Å². The van der Waals surface area contributed by atoms with Crippen molar-refractivity contribution in [2.45, 2.75) is 19.9 Å². The standard InChI is InChI=1S/C14H20N2O3/c1-3-15-13-8-19-7-11(13)14(18)16-12-5-4-10(17)6-9(12)2/h4-6,11,13,15,17H,3,7-8H2,1-2H3,(H,16,18). The monoisotopic (exact) mass is 264 g/mol. The number of phenols is 1. The number of hydrogen-bond donors (Lipinski definition) is 3. The van der Waals surface area contributed by atoms with Crippen molar-refractivity contribution >= 4 is 11.6 Å². The largest absolute Gasteiger partial charge is 0.508 e. The van der Waals surface area contributed by atoms with Crippen LogP contribution in [-0.4, -0.2) is 36.8 Å². The zero-order chi connectivity index (χ0) is 13.8. The quantitative estimate of drug-likeness (QED) is 0.716. The van der Waals surface area contributed by atoms with Crippen LogP contribution >= 0.6 is 0 Å². The van der Waals surface area contributed by atoms with Gasteiger partial charge in [-0.05, 0) is 37.2 Å². The van der Waals surface area contributed by atoms with E-state index in [4.69, 9.17) is 4.74 Å². The fourth-order valence-electron chi connectivity index (χ4n) is 2.29. The van der Waals surface area contributed by atoms with E-state index in [1.165, 1.54) is 0 Å². The van der Waals surface area contributed by atoms with E-state index in [1.54, 1.807) is 18.2 Å². The van der Waals surface area contributed by atoms with Gasteiger partial charge >= 0.3 is 0 Å². The van der Waals surface area contributed by atoms with Gasteiger partial charge in [0.25, 0.3) is 0 Å². The molecule has 0 saturated carbocycles. The Bertz CT molecular complexity index is 462. The molecule has 0 spiro atoms. The molecule has 0 radical (unpaired) electrons. The lowest BCUT2D eigenvalue weighted by Crippen LogP contribution is -2.41.